The van der Waals surface area contributed by atoms with Crippen molar-refractivity contribution in [3.05, 3.63) is 0 Å². The summed E-state index contributed by atoms with van der Waals surface area (Å²) in [6, 6.07) is 0. The zero-order valence-corrected chi connectivity index (χ0v) is 19.4. The lowest BCUT2D eigenvalue weighted by Crippen LogP contribution is -2.49. The van der Waals surface area contributed by atoms with Crippen LogP contribution in [0.1, 0.15) is 44.9 Å². The molecule has 1 aliphatic carbocycles. The first-order valence-electron chi connectivity index (χ1n) is 9.93. The molecule has 158 valence electrons. The molecule has 8 heteroatoms. The van der Waals surface area contributed by atoms with E-state index >= 15 is 0 Å². The minimum atomic E-state index is -0.284. The van der Waals surface area contributed by atoms with Gasteiger partial charge in [-0.05, 0) is 32.1 Å². The van der Waals surface area contributed by atoms with Crippen LogP contribution in [0.4, 0.5) is 0 Å². The smallest absolute Gasteiger partial charge is 0.230 e. The molecule has 0 aromatic heterocycles. The fourth-order valence-electron chi connectivity index (χ4n) is 3.84. The Labute approximate surface area is 181 Å². The standard InChI is InChI=1S/C19H36N4O3.HI/c1-20-18(21-11-6-12-26-16-7-13-25-14-8-16)22-15-19(9-4-5-10-19)17(24)23(2)3;/h16H,4-15H2,1-3H3,(H2,20,21,22);1H. The third-order valence-electron chi connectivity index (χ3n) is 5.37. The Bertz CT molecular complexity index is 462. The maximum atomic E-state index is 12.6. The molecule has 0 unspecified atom stereocenters. The van der Waals surface area contributed by atoms with Crippen LogP contribution in [0.15, 0.2) is 4.99 Å². The monoisotopic (exact) mass is 496 g/mol. The van der Waals surface area contributed by atoms with Gasteiger partial charge in [-0.3, -0.25) is 9.79 Å². The molecule has 0 aromatic carbocycles. The predicted octanol–water partition coefficient (Wildman–Crippen LogP) is 2.00. The first-order chi connectivity index (χ1) is 12.6. The average molecular weight is 496 g/mol. The second-order valence-corrected chi connectivity index (χ2v) is 7.58. The molecule has 1 saturated carbocycles. The van der Waals surface area contributed by atoms with Crippen molar-refractivity contribution in [1.29, 1.82) is 0 Å². The summed E-state index contributed by atoms with van der Waals surface area (Å²) < 4.78 is 11.2. The molecule has 1 aliphatic heterocycles. The molecule has 1 heterocycles. The lowest BCUT2D eigenvalue weighted by Gasteiger charge is -2.31. The Morgan fingerprint density at radius 1 is 1.22 bits per heavy atom. The van der Waals surface area contributed by atoms with E-state index in [1.807, 2.05) is 14.1 Å². The molecule has 0 spiro atoms. The number of guanidine groups is 1. The van der Waals surface area contributed by atoms with Crippen molar-refractivity contribution in [2.45, 2.75) is 51.0 Å². The summed E-state index contributed by atoms with van der Waals surface area (Å²) in [5.74, 6) is 0.983. The summed E-state index contributed by atoms with van der Waals surface area (Å²) in [6.45, 7) is 3.82. The van der Waals surface area contributed by atoms with Crippen LogP contribution in [0, 0.1) is 5.41 Å². The van der Waals surface area contributed by atoms with E-state index in [9.17, 15) is 4.79 Å². The van der Waals surface area contributed by atoms with Gasteiger partial charge in [0.25, 0.3) is 0 Å². The molecule has 2 aliphatic rings. The van der Waals surface area contributed by atoms with Crippen LogP contribution in [0.3, 0.4) is 0 Å². The molecule has 0 aromatic rings. The highest BCUT2D eigenvalue weighted by molar-refractivity contribution is 14.0. The summed E-state index contributed by atoms with van der Waals surface area (Å²) in [5, 5.41) is 6.69. The Hall–Kier alpha value is -0.610. The average Bonchev–Trinajstić information content (AvgIpc) is 3.14. The molecule has 1 amide bonds. The van der Waals surface area contributed by atoms with Gasteiger partial charge in [0.1, 0.15) is 0 Å². The normalized spacial score (nSPS) is 20.0. The molecule has 1 saturated heterocycles. The van der Waals surface area contributed by atoms with E-state index in [1.165, 1.54) is 0 Å². The first kappa shape index (κ1) is 24.4. The second-order valence-electron chi connectivity index (χ2n) is 7.58. The van der Waals surface area contributed by atoms with Gasteiger partial charge in [-0.2, -0.15) is 0 Å². The Morgan fingerprint density at radius 3 is 2.48 bits per heavy atom. The minimum absolute atomic E-state index is 0. The van der Waals surface area contributed by atoms with Gasteiger partial charge in [0.15, 0.2) is 5.96 Å². The van der Waals surface area contributed by atoms with Crippen molar-refractivity contribution in [3.8, 4) is 0 Å². The van der Waals surface area contributed by atoms with Crippen molar-refractivity contribution >= 4 is 35.8 Å². The lowest BCUT2D eigenvalue weighted by atomic mass is 9.84. The largest absolute Gasteiger partial charge is 0.381 e. The summed E-state index contributed by atoms with van der Waals surface area (Å²) in [5.41, 5.74) is -0.284. The number of rotatable bonds is 8. The Morgan fingerprint density at radius 2 is 1.89 bits per heavy atom. The van der Waals surface area contributed by atoms with E-state index in [2.05, 4.69) is 15.6 Å². The van der Waals surface area contributed by atoms with E-state index in [0.29, 0.717) is 12.6 Å². The molecule has 0 atom stereocenters. The second kappa shape index (κ2) is 12.8. The van der Waals surface area contributed by atoms with Gasteiger partial charge in [-0.15, -0.1) is 24.0 Å². The van der Waals surface area contributed by atoms with Crippen LogP contribution < -0.4 is 10.6 Å². The Kier molecular flexibility index (Phi) is 11.6. The van der Waals surface area contributed by atoms with Crippen molar-refractivity contribution in [2.75, 3.05) is 54.1 Å². The van der Waals surface area contributed by atoms with E-state index < -0.39 is 0 Å². The van der Waals surface area contributed by atoms with Gasteiger partial charge < -0.3 is 25.0 Å². The highest BCUT2D eigenvalue weighted by Gasteiger charge is 2.42. The molecule has 7 nitrogen and oxygen atoms in total. The van der Waals surface area contributed by atoms with Crippen molar-refractivity contribution in [1.82, 2.24) is 15.5 Å². The SMILES string of the molecule is CN=C(NCCCOC1CCOCC1)NCC1(C(=O)N(C)C)CCCC1.I. The first-order valence-corrected chi connectivity index (χ1v) is 9.93. The Balaban J connectivity index is 0.00000364. The van der Waals surface area contributed by atoms with Gasteiger partial charge >= 0.3 is 0 Å². The number of carbonyl (C=O) groups is 1. The van der Waals surface area contributed by atoms with Crippen molar-refractivity contribution < 1.29 is 14.3 Å². The quantitative estimate of drug-likeness (QED) is 0.233. The minimum Gasteiger partial charge on any atom is -0.381 e. The summed E-state index contributed by atoms with van der Waals surface area (Å²) in [7, 11) is 5.45. The number of nitrogens with one attached hydrogen (secondary N) is 2. The van der Waals surface area contributed by atoms with Crippen LogP contribution in [-0.4, -0.2) is 76.9 Å². The number of nitrogens with zero attached hydrogens (tertiary/aromatic N) is 2. The van der Waals surface area contributed by atoms with Crippen LogP contribution in [0.2, 0.25) is 0 Å². The van der Waals surface area contributed by atoms with Gasteiger partial charge in [0.2, 0.25) is 5.91 Å². The van der Waals surface area contributed by atoms with E-state index in [0.717, 1.165) is 77.3 Å². The van der Waals surface area contributed by atoms with Gasteiger partial charge in [0.05, 0.1) is 11.5 Å². The molecule has 2 fully saturated rings. The number of carbonyl (C=O) groups excluding carboxylic acids is 1. The molecule has 27 heavy (non-hydrogen) atoms. The summed E-state index contributed by atoms with van der Waals surface area (Å²) >= 11 is 0. The topological polar surface area (TPSA) is 75.2 Å². The molecular formula is C19H37IN4O3. The zero-order valence-electron chi connectivity index (χ0n) is 17.1. The number of ether oxygens (including phenoxy) is 2. The van der Waals surface area contributed by atoms with Gasteiger partial charge in [-0.1, -0.05) is 12.8 Å². The van der Waals surface area contributed by atoms with E-state index in [4.69, 9.17) is 9.47 Å². The van der Waals surface area contributed by atoms with Crippen LogP contribution in [-0.2, 0) is 14.3 Å². The number of amides is 1. The molecule has 0 radical (unpaired) electrons. The predicted molar refractivity (Wildman–Crippen MR) is 119 cm³/mol. The van der Waals surface area contributed by atoms with Crippen LogP contribution >= 0.6 is 24.0 Å². The number of aliphatic imine (C=N–C) groups is 1. The van der Waals surface area contributed by atoms with Gasteiger partial charge in [-0.25, -0.2) is 0 Å². The number of halogens is 1. The van der Waals surface area contributed by atoms with Crippen LogP contribution in [0.5, 0.6) is 0 Å². The fourth-order valence-corrected chi connectivity index (χ4v) is 3.84. The third kappa shape index (κ3) is 7.73. The fraction of sp³-hybridized carbons (Fsp3) is 0.895. The number of hydrogen-bond donors (Lipinski definition) is 2. The van der Waals surface area contributed by atoms with Gasteiger partial charge in [0, 0.05) is 54.1 Å². The zero-order chi connectivity index (χ0) is 18.8. The highest BCUT2D eigenvalue weighted by atomic mass is 127. The highest BCUT2D eigenvalue weighted by Crippen LogP contribution is 2.38. The molecule has 2 rings (SSSR count). The third-order valence-corrected chi connectivity index (χ3v) is 5.37. The van der Waals surface area contributed by atoms with E-state index in [-0.39, 0.29) is 35.3 Å². The van der Waals surface area contributed by atoms with Crippen molar-refractivity contribution in [2.24, 2.45) is 10.4 Å². The van der Waals surface area contributed by atoms with Crippen LogP contribution in [0.25, 0.3) is 0 Å². The lowest BCUT2D eigenvalue weighted by molar-refractivity contribution is -0.138. The maximum Gasteiger partial charge on any atom is 0.230 e. The molecule has 2 N–H and O–H groups in total. The maximum absolute atomic E-state index is 12.6. The summed E-state index contributed by atoms with van der Waals surface area (Å²) in [4.78, 5) is 18.6. The van der Waals surface area contributed by atoms with Crippen molar-refractivity contribution in [3.63, 3.8) is 0 Å². The summed E-state index contributed by atoms with van der Waals surface area (Å²) in [6.07, 6.45) is 7.42. The molecular weight excluding hydrogens is 459 g/mol. The van der Waals surface area contributed by atoms with E-state index in [1.54, 1.807) is 11.9 Å². The number of hydrogen-bond acceptors (Lipinski definition) is 4. The molecule has 0 bridgehead atoms.